The minimum absolute atomic E-state index is 0.0946. The number of ether oxygens (including phenoxy) is 1. The quantitative estimate of drug-likeness (QED) is 0.347. The fraction of sp³-hybridized carbons (Fsp3) is 0.241. The van der Waals surface area contributed by atoms with Crippen LogP contribution < -0.4 is 10.0 Å². The van der Waals surface area contributed by atoms with E-state index in [0.29, 0.717) is 12.3 Å². The predicted molar refractivity (Wildman–Crippen MR) is 140 cm³/mol. The SMILES string of the molecule is Cc1ccc(NS(=O)(=O)c2ccc3c(c2)C2OCCC2C(c2cccc4ccccc24)N3)cc1C. The van der Waals surface area contributed by atoms with Crippen LogP contribution in [0.5, 0.6) is 0 Å². The van der Waals surface area contributed by atoms with Gasteiger partial charge in [-0.2, -0.15) is 0 Å². The summed E-state index contributed by atoms with van der Waals surface area (Å²) in [5.74, 6) is 0.221. The average molecular weight is 485 g/mol. The van der Waals surface area contributed by atoms with Crippen molar-refractivity contribution in [3.8, 4) is 0 Å². The molecule has 0 aliphatic carbocycles. The van der Waals surface area contributed by atoms with E-state index in [0.717, 1.165) is 28.8 Å². The van der Waals surface area contributed by atoms with Gasteiger partial charge in [0, 0.05) is 29.5 Å². The minimum atomic E-state index is -3.73. The second-order valence-corrected chi connectivity index (χ2v) is 11.3. The Balaban J connectivity index is 1.36. The molecule has 178 valence electrons. The molecule has 0 aromatic heterocycles. The van der Waals surface area contributed by atoms with Gasteiger partial charge in [-0.3, -0.25) is 4.72 Å². The molecule has 4 aromatic rings. The number of sulfonamides is 1. The van der Waals surface area contributed by atoms with Gasteiger partial charge in [0.1, 0.15) is 0 Å². The maximum absolute atomic E-state index is 13.2. The molecule has 0 spiro atoms. The molecule has 4 aromatic carbocycles. The van der Waals surface area contributed by atoms with E-state index in [9.17, 15) is 8.42 Å². The largest absolute Gasteiger partial charge is 0.378 e. The molecule has 0 amide bonds. The topological polar surface area (TPSA) is 67.4 Å². The van der Waals surface area contributed by atoms with Gasteiger partial charge < -0.3 is 10.1 Å². The number of hydrogen-bond acceptors (Lipinski definition) is 4. The molecule has 2 aliphatic heterocycles. The lowest BCUT2D eigenvalue weighted by Gasteiger charge is -2.37. The van der Waals surface area contributed by atoms with Crippen LogP contribution in [0.3, 0.4) is 0 Å². The van der Waals surface area contributed by atoms with E-state index in [1.165, 1.54) is 16.3 Å². The molecule has 1 saturated heterocycles. The third kappa shape index (κ3) is 3.87. The summed E-state index contributed by atoms with van der Waals surface area (Å²) in [6.07, 6.45) is 0.773. The van der Waals surface area contributed by atoms with E-state index in [1.807, 2.05) is 32.0 Å². The Morgan fingerprint density at radius 2 is 1.71 bits per heavy atom. The van der Waals surface area contributed by atoms with Gasteiger partial charge in [0.05, 0.1) is 17.0 Å². The number of fused-ring (bicyclic) bond motifs is 4. The van der Waals surface area contributed by atoms with Crippen LogP contribution in [-0.2, 0) is 14.8 Å². The van der Waals surface area contributed by atoms with Crippen LogP contribution in [0.15, 0.2) is 83.8 Å². The third-order valence-corrected chi connectivity index (χ3v) is 8.81. The highest BCUT2D eigenvalue weighted by molar-refractivity contribution is 7.92. The predicted octanol–water partition coefficient (Wildman–Crippen LogP) is 6.50. The highest BCUT2D eigenvalue weighted by Crippen LogP contribution is 2.51. The van der Waals surface area contributed by atoms with E-state index < -0.39 is 10.0 Å². The molecule has 6 heteroatoms. The van der Waals surface area contributed by atoms with Crippen molar-refractivity contribution in [3.63, 3.8) is 0 Å². The molecule has 3 atom stereocenters. The van der Waals surface area contributed by atoms with Crippen LogP contribution in [0.1, 0.15) is 40.8 Å². The first-order valence-corrected chi connectivity index (χ1v) is 13.5. The normalized spacial score (nSPS) is 21.3. The monoisotopic (exact) mass is 484 g/mol. The number of nitrogens with one attached hydrogen (secondary N) is 2. The maximum Gasteiger partial charge on any atom is 0.261 e. The Bertz CT molecular complexity index is 1540. The molecule has 6 rings (SSSR count). The zero-order chi connectivity index (χ0) is 24.2. The van der Waals surface area contributed by atoms with E-state index in [-0.39, 0.29) is 23.0 Å². The van der Waals surface area contributed by atoms with Crippen LogP contribution in [0, 0.1) is 19.8 Å². The molecule has 0 bridgehead atoms. The summed E-state index contributed by atoms with van der Waals surface area (Å²) in [7, 11) is -3.73. The number of aryl methyl sites for hydroxylation is 2. The van der Waals surface area contributed by atoms with E-state index in [1.54, 1.807) is 18.2 Å². The molecule has 35 heavy (non-hydrogen) atoms. The molecular weight excluding hydrogens is 456 g/mol. The van der Waals surface area contributed by atoms with Gasteiger partial charge in [0.25, 0.3) is 10.0 Å². The van der Waals surface area contributed by atoms with E-state index >= 15 is 0 Å². The molecule has 5 nitrogen and oxygen atoms in total. The van der Waals surface area contributed by atoms with Gasteiger partial charge in [0.2, 0.25) is 0 Å². The number of rotatable bonds is 4. The number of hydrogen-bond donors (Lipinski definition) is 2. The molecule has 2 heterocycles. The molecule has 2 N–H and O–H groups in total. The lowest BCUT2D eigenvalue weighted by Crippen LogP contribution is -2.29. The van der Waals surface area contributed by atoms with Gasteiger partial charge in [-0.25, -0.2) is 8.42 Å². The molecule has 2 aliphatic rings. The van der Waals surface area contributed by atoms with Gasteiger partial charge >= 0.3 is 0 Å². The van der Waals surface area contributed by atoms with Crippen molar-refractivity contribution in [3.05, 3.63) is 101 Å². The summed E-state index contributed by atoms with van der Waals surface area (Å²) in [6.45, 7) is 4.64. The summed E-state index contributed by atoms with van der Waals surface area (Å²) in [5, 5.41) is 6.17. The fourth-order valence-corrected chi connectivity index (χ4v) is 6.55. The lowest BCUT2D eigenvalue weighted by molar-refractivity contribution is 0.0829. The summed E-state index contributed by atoms with van der Waals surface area (Å²) in [6, 6.07) is 25.9. The van der Waals surface area contributed by atoms with Crippen LogP contribution in [0.2, 0.25) is 0 Å². The third-order valence-electron chi connectivity index (χ3n) is 7.43. The van der Waals surface area contributed by atoms with E-state index in [2.05, 4.69) is 52.5 Å². The van der Waals surface area contributed by atoms with Crippen molar-refractivity contribution in [2.45, 2.75) is 37.3 Å². The summed E-state index contributed by atoms with van der Waals surface area (Å²) < 4.78 is 35.4. The smallest absolute Gasteiger partial charge is 0.261 e. The van der Waals surface area contributed by atoms with Gasteiger partial charge in [-0.05, 0) is 78.1 Å². The minimum Gasteiger partial charge on any atom is -0.378 e. The number of benzene rings is 4. The van der Waals surface area contributed by atoms with Crippen LogP contribution >= 0.6 is 0 Å². The maximum atomic E-state index is 13.2. The van der Waals surface area contributed by atoms with Gasteiger partial charge in [0.15, 0.2) is 0 Å². The van der Waals surface area contributed by atoms with Gasteiger partial charge in [-0.1, -0.05) is 48.5 Å². The van der Waals surface area contributed by atoms with E-state index in [4.69, 9.17) is 4.74 Å². The molecule has 0 radical (unpaired) electrons. The average Bonchev–Trinajstić information content (AvgIpc) is 3.35. The van der Waals surface area contributed by atoms with Gasteiger partial charge in [-0.15, -0.1) is 0 Å². The Labute approximate surface area is 206 Å². The lowest BCUT2D eigenvalue weighted by atomic mass is 9.80. The summed E-state index contributed by atoms with van der Waals surface area (Å²) in [5.41, 5.74) is 5.82. The van der Waals surface area contributed by atoms with Crippen molar-refractivity contribution >= 4 is 32.2 Å². The molecular formula is C29H28N2O3S. The van der Waals surface area contributed by atoms with Crippen LogP contribution in [0.4, 0.5) is 11.4 Å². The van der Waals surface area contributed by atoms with Crippen molar-refractivity contribution < 1.29 is 13.2 Å². The summed E-state index contributed by atoms with van der Waals surface area (Å²) in [4.78, 5) is 0.245. The Morgan fingerprint density at radius 3 is 2.57 bits per heavy atom. The first-order chi connectivity index (χ1) is 16.9. The Morgan fingerprint density at radius 1 is 0.886 bits per heavy atom. The van der Waals surface area contributed by atoms with Crippen molar-refractivity contribution in [1.29, 1.82) is 0 Å². The van der Waals surface area contributed by atoms with Crippen molar-refractivity contribution in [1.82, 2.24) is 0 Å². The van der Waals surface area contributed by atoms with Crippen LogP contribution in [0.25, 0.3) is 10.8 Å². The Kier molecular flexibility index (Phi) is 5.31. The zero-order valence-electron chi connectivity index (χ0n) is 19.8. The second kappa shape index (κ2) is 8.40. The highest BCUT2D eigenvalue weighted by atomic mass is 32.2. The second-order valence-electron chi connectivity index (χ2n) is 9.59. The zero-order valence-corrected chi connectivity index (χ0v) is 20.6. The molecule has 3 unspecified atom stereocenters. The molecule has 0 saturated carbocycles. The van der Waals surface area contributed by atoms with Crippen molar-refractivity contribution in [2.75, 3.05) is 16.6 Å². The first kappa shape index (κ1) is 22.1. The van der Waals surface area contributed by atoms with Crippen molar-refractivity contribution in [2.24, 2.45) is 5.92 Å². The summed E-state index contributed by atoms with van der Waals surface area (Å²) >= 11 is 0. The standard InChI is InChI=1S/C29H28N2O3S/c1-18-10-11-21(16-19(18)2)31-35(32,33)22-12-13-27-26(17-22)29-25(14-15-34-29)28(30-27)24-9-5-7-20-6-3-4-8-23(20)24/h3-13,16-17,25,28-31H,14-15H2,1-2H3. The fourth-order valence-electron chi connectivity index (χ4n) is 5.47. The Hall–Kier alpha value is -3.35. The van der Waals surface area contributed by atoms with Crippen LogP contribution in [-0.4, -0.2) is 15.0 Å². The first-order valence-electron chi connectivity index (χ1n) is 12.0. The highest BCUT2D eigenvalue weighted by Gasteiger charge is 2.42. The number of anilines is 2. The molecule has 1 fully saturated rings.